The minimum Gasteiger partial charge on any atom is -0.481 e. The summed E-state index contributed by atoms with van der Waals surface area (Å²) in [6, 6.07) is 5.49. The molecule has 1 aromatic carbocycles. The van der Waals surface area contributed by atoms with E-state index in [1.165, 1.54) is 17.7 Å². The van der Waals surface area contributed by atoms with E-state index < -0.39 is 11.6 Å². The zero-order chi connectivity index (χ0) is 15.0. The molecule has 0 amide bonds. The summed E-state index contributed by atoms with van der Waals surface area (Å²) in [5, 5.41) is 0. The van der Waals surface area contributed by atoms with Crippen molar-refractivity contribution >= 4 is 17.0 Å². The fraction of sp³-hybridized carbons (Fsp3) is 0.143. The minimum absolute atomic E-state index is 0.0509. The fourth-order valence-corrected chi connectivity index (χ4v) is 2.18. The van der Waals surface area contributed by atoms with Crippen molar-refractivity contribution in [2.24, 2.45) is 0 Å². The largest absolute Gasteiger partial charge is 0.481 e. The van der Waals surface area contributed by atoms with Crippen molar-refractivity contribution in [1.29, 1.82) is 0 Å². The van der Waals surface area contributed by atoms with Gasteiger partial charge in [0.25, 0.3) is 0 Å². The van der Waals surface area contributed by atoms with Gasteiger partial charge in [-0.2, -0.15) is 0 Å². The molecule has 0 aliphatic carbocycles. The van der Waals surface area contributed by atoms with Gasteiger partial charge in [-0.1, -0.05) is 0 Å². The SMILES string of the molecule is COc1cc(Cn2c(N)nc3c(F)cc(F)cc32)ccn1. The number of rotatable bonds is 3. The van der Waals surface area contributed by atoms with Crippen molar-refractivity contribution in [3.05, 3.63) is 47.7 Å². The Morgan fingerprint density at radius 3 is 2.86 bits per heavy atom. The van der Waals surface area contributed by atoms with E-state index in [0.29, 0.717) is 17.9 Å². The molecule has 5 nitrogen and oxygen atoms in total. The van der Waals surface area contributed by atoms with Crippen molar-refractivity contribution in [3.63, 3.8) is 0 Å². The highest BCUT2D eigenvalue weighted by molar-refractivity contribution is 5.79. The first-order valence-corrected chi connectivity index (χ1v) is 6.18. The molecule has 0 spiro atoms. The van der Waals surface area contributed by atoms with Gasteiger partial charge in [0, 0.05) is 24.4 Å². The fourth-order valence-electron chi connectivity index (χ4n) is 2.18. The second-order valence-corrected chi connectivity index (χ2v) is 4.52. The van der Waals surface area contributed by atoms with E-state index in [4.69, 9.17) is 10.5 Å². The topological polar surface area (TPSA) is 66.0 Å². The van der Waals surface area contributed by atoms with Crippen LogP contribution in [-0.4, -0.2) is 21.6 Å². The second-order valence-electron chi connectivity index (χ2n) is 4.52. The Hall–Kier alpha value is -2.70. The quantitative estimate of drug-likeness (QED) is 0.804. The monoisotopic (exact) mass is 290 g/mol. The van der Waals surface area contributed by atoms with Crippen molar-refractivity contribution in [3.8, 4) is 5.88 Å². The maximum absolute atomic E-state index is 13.7. The molecule has 21 heavy (non-hydrogen) atoms. The Bertz CT molecular complexity index is 816. The van der Waals surface area contributed by atoms with Gasteiger partial charge in [-0.25, -0.2) is 18.7 Å². The summed E-state index contributed by atoms with van der Waals surface area (Å²) in [7, 11) is 1.51. The first-order valence-electron chi connectivity index (χ1n) is 6.18. The van der Waals surface area contributed by atoms with E-state index in [1.54, 1.807) is 18.3 Å². The van der Waals surface area contributed by atoms with E-state index in [9.17, 15) is 8.78 Å². The van der Waals surface area contributed by atoms with Crippen LogP contribution < -0.4 is 10.5 Å². The number of hydrogen-bond acceptors (Lipinski definition) is 4. The van der Waals surface area contributed by atoms with E-state index >= 15 is 0 Å². The molecule has 0 radical (unpaired) electrons. The highest BCUT2D eigenvalue weighted by Crippen LogP contribution is 2.23. The summed E-state index contributed by atoms with van der Waals surface area (Å²) in [5.41, 5.74) is 6.99. The molecule has 2 heterocycles. The van der Waals surface area contributed by atoms with E-state index in [1.807, 2.05) is 0 Å². The summed E-state index contributed by atoms with van der Waals surface area (Å²) < 4.78 is 33.7. The molecule has 0 bridgehead atoms. The number of ether oxygens (including phenoxy) is 1. The highest BCUT2D eigenvalue weighted by Gasteiger charge is 2.14. The number of nitrogens with two attached hydrogens (primary N) is 1. The Balaban J connectivity index is 2.09. The number of imidazole rings is 1. The molecule has 0 fully saturated rings. The molecule has 0 aliphatic heterocycles. The predicted molar refractivity (Wildman–Crippen MR) is 74.0 cm³/mol. The van der Waals surface area contributed by atoms with Crippen molar-refractivity contribution < 1.29 is 13.5 Å². The second kappa shape index (κ2) is 5.01. The Kier molecular flexibility index (Phi) is 3.17. The zero-order valence-corrected chi connectivity index (χ0v) is 11.2. The number of hydrogen-bond donors (Lipinski definition) is 1. The molecular weight excluding hydrogens is 278 g/mol. The summed E-state index contributed by atoms with van der Waals surface area (Å²) in [5.74, 6) is -0.839. The number of nitrogen functional groups attached to an aromatic ring is 1. The van der Waals surface area contributed by atoms with Crippen LogP contribution in [-0.2, 0) is 6.54 Å². The normalized spacial score (nSPS) is 11.0. The number of benzene rings is 1. The van der Waals surface area contributed by atoms with Gasteiger partial charge in [0.15, 0.2) is 5.82 Å². The van der Waals surface area contributed by atoms with Gasteiger partial charge in [0.05, 0.1) is 19.2 Å². The zero-order valence-electron chi connectivity index (χ0n) is 11.2. The molecule has 2 N–H and O–H groups in total. The number of aromatic nitrogens is 3. The predicted octanol–water partition coefficient (Wildman–Crippen LogP) is 2.35. The van der Waals surface area contributed by atoms with Crippen LogP contribution >= 0.6 is 0 Å². The van der Waals surface area contributed by atoms with Crippen LogP contribution in [0.5, 0.6) is 5.88 Å². The van der Waals surface area contributed by atoms with E-state index in [-0.39, 0.29) is 11.5 Å². The molecule has 7 heteroatoms. The van der Waals surface area contributed by atoms with Crippen molar-refractivity contribution in [2.45, 2.75) is 6.54 Å². The highest BCUT2D eigenvalue weighted by atomic mass is 19.1. The molecule has 0 aliphatic rings. The summed E-state index contributed by atoms with van der Waals surface area (Å²) in [6.45, 7) is 0.310. The van der Waals surface area contributed by atoms with Crippen LogP contribution in [0.4, 0.5) is 14.7 Å². The molecule has 0 unspecified atom stereocenters. The van der Waals surface area contributed by atoms with Crippen molar-refractivity contribution in [1.82, 2.24) is 14.5 Å². The average molecular weight is 290 g/mol. The maximum atomic E-state index is 13.7. The Morgan fingerprint density at radius 1 is 1.29 bits per heavy atom. The van der Waals surface area contributed by atoms with Crippen LogP contribution in [0.15, 0.2) is 30.5 Å². The third-order valence-electron chi connectivity index (χ3n) is 3.15. The summed E-state index contributed by atoms with van der Waals surface area (Å²) in [4.78, 5) is 7.95. The number of fused-ring (bicyclic) bond motifs is 1. The van der Waals surface area contributed by atoms with Gasteiger partial charge in [-0.05, 0) is 11.6 Å². The third kappa shape index (κ3) is 2.37. The molecule has 108 valence electrons. The van der Waals surface area contributed by atoms with Crippen molar-refractivity contribution in [2.75, 3.05) is 12.8 Å². The maximum Gasteiger partial charge on any atom is 0.213 e. The summed E-state index contributed by atoms with van der Waals surface area (Å²) in [6.07, 6.45) is 1.59. The van der Waals surface area contributed by atoms with Gasteiger partial charge in [0.2, 0.25) is 11.8 Å². The smallest absolute Gasteiger partial charge is 0.213 e. The third-order valence-corrected chi connectivity index (χ3v) is 3.15. The van der Waals surface area contributed by atoms with Crippen LogP contribution in [0.1, 0.15) is 5.56 Å². The molecular formula is C14H12F2N4O. The van der Waals surface area contributed by atoms with Crippen LogP contribution in [0.3, 0.4) is 0 Å². The Labute approximate surface area is 119 Å². The van der Waals surface area contributed by atoms with Crippen LogP contribution in [0.25, 0.3) is 11.0 Å². The first-order chi connectivity index (χ1) is 10.1. The molecule has 3 aromatic rings. The molecule has 0 saturated heterocycles. The number of anilines is 1. The summed E-state index contributed by atoms with van der Waals surface area (Å²) >= 11 is 0. The minimum atomic E-state index is -0.734. The van der Waals surface area contributed by atoms with E-state index in [2.05, 4.69) is 9.97 Å². The van der Waals surface area contributed by atoms with E-state index in [0.717, 1.165) is 11.6 Å². The van der Waals surface area contributed by atoms with Crippen LogP contribution in [0.2, 0.25) is 0 Å². The lowest BCUT2D eigenvalue weighted by Gasteiger charge is -2.08. The van der Waals surface area contributed by atoms with Crippen LogP contribution in [0, 0.1) is 11.6 Å². The van der Waals surface area contributed by atoms with Gasteiger partial charge < -0.3 is 15.0 Å². The van der Waals surface area contributed by atoms with Gasteiger partial charge in [0.1, 0.15) is 11.3 Å². The number of halogens is 2. The number of nitrogens with zero attached hydrogens (tertiary/aromatic N) is 3. The molecule has 3 rings (SSSR count). The average Bonchev–Trinajstić information content (AvgIpc) is 2.77. The lowest BCUT2D eigenvalue weighted by Crippen LogP contribution is -2.05. The number of pyridine rings is 1. The molecule has 0 saturated carbocycles. The lowest BCUT2D eigenvalue weighted by atomic mass is 10.2. The molecule has 0 atom stereocenters. The lowest BCUT2D eigenvalue weighted by molar-refractivity contribution is 0.397. The Morgan fingerprint density at radius 2 is 2.10 bits per heavy atom. The van der Waals surface area contributed by atoms with Gasteiger partial charge in [-0.3, -0.25) is 0 Å². The molecule has 2 aromatic heterocycles. The standard InChI is InChI=1S/C14H12F2N4O/c1-21-12-4-8(2-3-18-12)7-20-11-6-9(15)5-10(16)13(11)19-14(20)17/h2-6H,7H2,1H3,(H2,17,19). The number of methoxy groups -OCH3 is 1. The first kappa shape index (κ1) is 13.3. The van der Waals surface area contributed by atoms with Gasteiger partial charge >= 0.3 is 0 Å². The van der Waals surface area contributed by atoms with Gasteiger partial charge in [-0.15, -0.1) is 0 Å².